The highest BCUT2D eigenvalue weighted by atomic mass is 16.5. The molecule has 0 spiro atoms. The summed E-state index contributed by atoms with van der Waals surface area (Å²) in [7, 11) is 1.60. The third-order valence-electron chi connectivity index (χ3n) is 3.07. The zero-order valence-electron chi connectivity index (χ0n) is 11.0. The van der Waals surface area contributed by atoms with Gasteiger partial charge in [-0.25, -0.2) is 0 Å². The van der Waals surface area contributed by atoms with E-state index in [9.17, 15) is 4.79 Å². The molecular formula is C14H18N2O2. The number of ether oxygens (including phenoxy) is 1. The molecular weight excluding hydrogens is 228 g/mol. The number of H-pyrrole nitrogens is 1. The molecule has 2 aromatic rings. The van der Waals surface area contributed by atoms with Crippen LogP contribution in [0.15, 0.2) is 23.0 Å². The van der Waals surface area contributed by atoms with Gasteiger partial charge in [0.1, 0.15) is 5.75 Å². The normalized spacial score (nSPS) is 10.8. The number of fused-ring (bicyclic) bond motifs is 1. The molecule has 0 saturated carbocycles. The van der Waals surface area contributed by atoms with E-state index in [1.165, 1.54) is 0 Å². The predicted molar refractivity (Wildman–Crippen MR) is 73.2 cm³/mol. The molecule has 0 unspecified atom stereocenters. The standard InChI is InChI=1S/C14H18N2O2/c1-4-15-8-12-9(2)16-13-6-5-10(18-3)7-11(13)14(12)17/h5-7,15H,4,8H2,1-3H3,(H,16,17). The molecule has 0 aliphatic heterocycles. The average Bonchev–Trinajstić information content (AvgIpc) is 2.38. The van der Waals surface area contributed by atoms with Crippen molar-refractivity contribution in [3.8, 4) is 5.75 Å². The summed E-state index contributed by atoms with van der Waals surface area (Å²) < 4.78 is 5.16. The lowest BCUT2D eigenvalue weighted by Gasteiger charge is -2.09. The van der Waals surface area contributed by atoms with E-state index in [0.717, 1.165) is 23.3 Å². The van der Waals surface area contributed by atoms with E-state index >= 15 is 0 Å². The van der Waals surface area contributed by atoms with E-state index in [1.54, 1.807) is 13.2 Å². The number of aromatic amines is 1. The van der Waals surface area contributed by atoms with Crippen LogP contribution in [0.3, 0.4) is 0 Å². The Kier molecular flexibility index (Phi) is 3.67. The molecule has 0 amide bonds. The largest absolute Gasteiger partial charge is 0.497 e. The average molecular weight is 246 g/mol. The second-order valence-electron chi connectivity index (χ2n) is 4.25. The molecule has 0 aliphatic rings. The lowest BCUT2D eigenvalue weighted by atomic mass is 10.1. The Morgan fingerprint density at radius 3 is 2.83 bits per heavy atom. The van der Waals surface area contributed by atoms with Gasteiger partial charge in [0.2, 0.25) is 0 Å². The van der Waals surface area contributed by atoms with Crippen LogP contribution in [0.4, 0.5) is 0 Å². The highest BCUT2D eigenvalue weighted by Gasteiger charge is 2.09. The molecule has 0 aliphatic carbocycles. The van der Waals surface area contributed by atoms with Crippen LogP contribution in [0.25, 0.3) is 10.9 Å². The maximum atomic E-state index is 12.4. The van der Waals surface area contributed by atoms with Crippen molar-refractivity contribution in [1.29, 1.82) is 0 Å². The van der Waals surface area contributed by atoms with Crippen molar-refractivity contribution >= 4 is 10.9 Å². The SMILES string of the molecule is CCNCc1c(C)[nH]c2ccc(OC)cc2c1=O. The summed E-state index contributed by atoms with van der Waals surface area (Å²) in [6, 6.07) is 5.50. The van der Waals surface area contributed by atoms with E-state index in [-0.39, 0.29) is 5.43 Å². The zero-order valence-corrected chi connectivity index (χ0v) is 11.0. The Labute approximate surface area is 106 Å². The van der Waals surface area contributed by atoms with Crippen LogP contribution in [0, 0.1) is 6.92 Å². The van der Waals surface area contributed by atoms with Gasteiger partial charge in [-0.15, -0.1) is 0 Å². The molecule has 0 radical (unpaired) electrons. The second-order valence-corrected chi connectivity index (χ2v) is 4.25. The van der Waals surface area contributed by atoms with Crippen LogP contribution < -0.4 is 15.5 Å². The van der Waals surface area contributed by atoms with Crippen molar-refractivity contribution < 1.29 is 4.74 Å². The molecule has 1 aromatic heterocycles. The van der Waals surface area contributed by atoms with E-state index in [1.807, 2.05) is 26.0 Å². The van der Waals surface area contributed by atoms with Crippen molar-refractivity contribution in [3.63, 3.8) is 0 Å². The van der Waals surface area contributed by atoms with Crippen molar-refractivity contribution in [2.45, 2.75) is 20.4 Å². The highest BCUT2D eigenvalue weighted by Crippen LogP contribution is 2.18. The minimum Gasteiger partial charge on any atom is -0.497 e. The molecule has 4 nitrogen and oxygen atoms in total. The molecule has 1 aromatic carbocycles. The van der Waals surface area contributed by atoms with Crippen molar-refractivity contribution in [2.24, 2.45) is 0 Å². The number of hydrogen-bond acceptors (Lipinski definition) is 3. The fourth-order valence-electron chi connectivity index (χ4n) is 2.02. The molecule has 96 valence electrons. The molecule has 0 atom stereocenters. The maximum absolute atomic E-state index is 12.4. The van der Waals surface area contributed by atoms with Gasteiger partial charge in [-0.3, -0.25) is 4.79 Å². The minimum absolute atomic E-state index is 0.0705. The fraction of sp³-hybridized carbons (Fsp3) is 0.357. The first-order valence-corrected chi connectivity index (χ1v) is 6.07. The molecule has 1 heterocycles. The van der Waals surface area contributed by atoms with Gasteiger partial charge in [0.25, 0.3) is 0 Å². The summed E-state index contributed by atoms with van der Waals surface area (Å²) in [6.07, 6.45) is 0. The monoisotopic (exact) mass is 246 g/mol. The van der Waals surface area contributed by atoms with E-state index in [0.29, 0.717) is 17.7 Å². The number of methoxy groups -OCH3 is 1. The molecule has 2 N–H and O–H groups in total. The van der Waals surface area contributed by atoms with Crippen LogP contribution in [-0.2, 0) is 6.54 Å². The quantitative estimate of drug-likeness (QED) is 0.867. The number of hydrogen-bond donors (Lipinski definition) is 2. The van der Waals surface area contributed by atoms with Gasteiger partial charge >= 0.3 is 0 Å². The molecule has 2 rings (SSSR count). The van der Waals surface area contributed by atoms with E-state index in [4.69, 9.17) is 4.74 Å². The van der Waals surface area contributed by atoms with Gasteiger partial charge in [-0.05, 0) is 31.7 Å². The summed E-state index contributed by atoms with van der Waals surface area (Å²) in [5.41, 5.74) is 2.62. The second kappa shape index (κ2) is 5.23. The van der Waals surface area contributed by atoms with Crippen LogP contribution in [0.1, 0.15) is 18.2 Å². The summed E-state index contributed by atoms with van der Waals surface area (Å²) >= 11 is 0. The number of nitrogens with one attached hydrogen (secondary N) is 2. The lowest BCUT2D eigenvalue weighted by molar-refractivity contribution is 0.415. The number of aromatic nitrogens is 1. The molecule has 0 saturated heterocycles. The fourth-order valence-corrected chi connectivity index (χ4v) is 2.02. The van der Waals surface area contributed by atoms with Gasteiger partial charge in [-0.1, -0.05) is 6.92 Å². The Morgan fingerprint density at radius 1 is 1.39 bits per heavy atom. The Hall–Kier alpha value is -1.81. The topological polar surface area (TPSA) is 54.1 Å². The summed E-state index contributed by atoms with van der Waals surface area (Å²) in [6.45, 7) is 5.38. The third kappa shape index (κ3) is 2.24. The minimum atomic E-state index is 0.0705. The molecule has 18 heavy (non-hydrogen) atoms. The Bertz CT molecular complexity index is 617. The number of rotatable bonds is 4. The van der Waals surface area contributed by atoms with Gasteiger partial charge in [0.15, 0.2) is 5.43 Å². The number of aryl methyl sites for hydroxylation is 1. The highest BCUT2D eigenvalue weighted by molar-refractivity contribution is 5.81. The summed E-state index contributed by atoms with van der Waals surface area (Å²) in [5.74, 6) is 0.700. The smallest absolute Gasteiger partial charge is 0.194 e. The van der Waals surface area contributed by atoms with Crippen molar-refractivity contribution in [2.75, 3.05) is 13.7 Å². The number of pyridine rings is 1. The summed E-state index contributed by atoms with van der Waals surface area (Å²) in [4.78, 5) is 15.7. The van der Waals surface area contributed by atoms with Crippen molar-refractivity contribution in [3.05, 3.63) is 39.7 Å². The van der Waals surface area contributed by atoms with Gasteiger partial charge < -0.3 is 15.0 Å². The van der Waals surface area contributed by atoms with Crippen LogP contribution >= 0.6 is 0 Å². The Morgan fingerprint density at radius 2 is 2.17 bits per heavy atom. The zero-order chi connectivity index (χ0) is 13.1. The first-order chi connectivity index (χ1) is 8.67. The van der Waals surface area contributed by atoms with Crippen molar-refractivity contribution in [1.82, 2.24) is 10.3 Å². The number of benzene rings is 1. The third-order valence-corrected chi connectivity index (χ3v) is 3.07. The Balaban J connectivity index is 2.62. The molecule has 0 bridgehead atoms. The van der Waals surface area contributed by atoms with Crippen LogP contribution in [-0.4, -0.2) is 18.6 Å². The van der Waals surface area contributed by atoms with E-state index < -0.39 is 0 Å². The van der Waals surface area contributed by atoms with E-state index in [2.05, 4.69) is 10.3 Å². The lowest BCUT2D eigenvalue weighted by Crippen LogP contribution is -2.21. The molecule has 0 fully saturated rings. The summed E-state index contributed by atoms with van der Waals surface area (Å²) in [5, 5.41) is 3.86. The molecule has 4 heteroatoms. The predicted octanol–water partition coefficient (Wildman–Crippen LogP) is 1.95. The van der Waals surface area contributed by atoms with Crippen LogP contribution in [0.2, 0.25) is 0 Å². The van der Waals surface area contributed by atoms with Gasteiger partial charge in [0, 0.05) is 28.7 Å². The van der Waals surface area contributed by atoms with Crippen LogP contribution in [0.5, 0.6) is 5.75 Å². The first kappa shape index (κ1) is 12.6. The van der Waals surface area contributed by atoms with Gasteiger partial charge in [-0.2, -0.15) is 0 Å². The maximum Gasteiger partial charge on any atom is 0.194 e. The van der Waals surface area contributed by atoms with Gasteiger partial charge in [0.05, 0.1) is 7.11 Å². The first-order valence-electron chi connectivity index (χ1n) is 6.07.